The van der Waals surface area contributed by atoms with Crippen molar-refractivity contribution in [3.8, 4) is 0 Å². The van der Waals surface area contributed by atoms with Gasteiger partial charge in [0.2, 0.25) is 0 Å². The Kier molecular flexibility index (Phi) is 4.09. The van der Waals surface area contributed by atoms with Crippen molar-refractivity contribution < 1.29 is 0 Å². The zero-order chi connectivity index (χ0) is 10.5. The van der Waals surface area contributed by atoms with Crippen molar-refractivity contribution in [1.29, 1.82) is 0 Å². The fourth-order valence-electron chi connectivity index (χ4n) is 2.01. The Hall–Kier alpha value is -0.470. The normalized spacial score (nSPS) is 20.7. The Bertz CT molecular complexity index is 305. The number of rotatable bonds is 4. The van der Waals surface area contributed by atoms with Crippen LogP contribution in [-0.4, -0.2) is 18.8 Å². The van der Waals surface area contributed by atoms with Gasteiger partial charge in [0.15, 0.2) is 0 Å². The van der Waals surface area contributed by atoms with Crippen LogP contribution >= 0.6 is 11.8 Å². The first kappa shape index (κ1) is 11.0. The van der Waals surface area contributed by atoms with Gasteiger partial charge in [-0.3, -0.25) is 0 Å². The van der Waals surface area contributed by atoms with Crippen LogP contribution in [0.1, 0.15) is 18.4 Å². The quantitative estimate of drug-likeness (QED) is 0.784. The lowest BCUT2D eigenvalue weighted by atomic mass is 10.1. The summed E-state index contributed by atoms with van der Waals surface area (Å²) in [5, 5.41) is 3.42. The molecule has 1 aliphatic heterocycles. The van der Waals surface area contributed by atoms with Gasteiger partial charge in [0.1, 0.15) is 0 Å². The van der Waals surface area contributed by atoms with Crippen LogP contribution in [0, 0.1) is 12.8 Å². The molecule has 2 heteroatoms. The smallest absolute Gasteiger partial charge is 0.00745 e. The second kappa shape index (κ2) is 5.57. The molecule has 0 radical (unpaired) electrons. The van der Waals surface area contributed by atoms with Gasteiger partial charge >= 0.3 is 0 Å². The molecular weight excluding hydrogens is 202 g/mol. The van der Waals surface area contributed by atoms with Crippen molar-refractivity contribution in [1.82, 2.24) is 5.32 Å². The third kappa shape index (κ3) is 3.54. The molecule has 0 aromatic heterocycles. The first-order valence-corrected chi connectivity index (χ1v) is 6.73. The highest BCUT2D eigenvalue weighted by Crippen LogP contribution is 2.23. The minimum atomic E-state index is 0.919. The zero-order valence-electron chi connectivity index (χ0n) is 9.33. The van der Waals surface area contributed by atoms with E-state index in [1.165, 1.54) is 42.1 Å². The maximum absolute atomic E-state index is 3.42. The second-order valence-electron chi connectivity index (χ2n) is 4.31. The van der Waals surface area contributed by atoms with E-state index in [4.69, 9.17) is 0 Å². The summed E-state index contributed by atoms with van der Waals surface area (Å²) in [7, 11) is 0. The summed E-state index contributed by atoms with van der Waals surface area (Å²) in [6.45, 7) is 4.61. The minimum Gasteiger partial charge on any atom is -0.316 e. The van der Waals surface area contributed by atoms with E-state index in [-0.39, 0.29) is 0 Å². The zero-order valence-corrected chi connectivity index (χ0v) is 10.1. The molecule has 2 rings (SSSR count). The van der Waals surface area contributed by atoms with Crippen LogP contribution < -0.4 is 5.32 Å². The average molecular weight is 221 g/mol. The summed E-state index contributed by atoms with van der Waals surface area (Å²) in [6.07, 6.45) is 2.72. The molecule has 1 aromatic carbocycles. The average Bonchev–Trinajstić information content (AvgIpc) is 2.71. The molecule has 0 bridgehead atoms. The molecule has 1 fully saturated rings. The van der Waals surface area contributed by atoms with E-state index in [1.807, 2.05) is 11.8 Å². The van der Waals surface area contributed by atoms with Crippen LogP contribution in [0.5, 0.6) is 0 Å². The lowest BCUT2D eigenvalue weighted by Crippen LogP contribution is -2.09. The lowest BCUT2D eigenvalue weighted by Gasteiger charge is -2.07. The fraction of sp³-hybridized carbons (Fsp3) is 0.538. The number of benzene rings is 1. The van der Waals surface area contributed by atoms with E-state index in [0.717, 1.165) is 5.92 Å². The molecule has 1 heterocycles. The van der Waals surface area contributed by atoms with Crippen molar-refractivity contribution >= 4 is 11.8 Å². The molecule has 1 N–H and O–H groups in total. The van der Waals surface area contributed by atoms with E-state index in [0.29, 0.717) is 0 Å². The summed E-state index contributed by atoms with van der Waals surface area (Å²) in [6, 6.07) is 8.79. The van der Waals surface area contributed by atoms with Gasteiger partial charge in [-0.15, -0.1) is 11.8 Å². The maximum Gasteiger partial charge on any atom is 0.00745 e. The highest BCUT2D eigenvalue weighted by atomic mass is 32.2. The largest absolute Gasteiger partial charge is 0.316 e. The Morgan fingerprint density at radius 2 is 2.40 bits per heavy atom. The third-order valence-electron chi connectivity index (χ3n) is 2.95. The van der Waals surface area contributed by atoms with E-state index < -0.39 is 0 Å². The molecule has 1 nitrogen and oxygen atoms in total. The molecule has 1 saturated heterocycles. The Morgan fingerprint density at radius 1 is 1.47 bits per heavy atom. The summed E-state index contributed by atoms with van der Waals surface area (Å²) in [5.74, 6) is 2.18. The Morgan fingerprint density at radius 3 is 3.13 bits per heavy atom. The van der Waals surface area contributed by atoms with Crippen LogP contribution in [-0.2, 0) is 0 Å². The van der Waals surface area contributed by atoms with E-state index >= 15 is 0 Å². The summed E-state index contributed by atoms with van der Waals surface area (Å²) >= 11 is 1.99. The molecule has 15 heavy (non-hydrogen) atoms. The molecule has 1 aliphatic rings. The lowest BCUT2D eigenvalue weighted by molar-refractivity contribution is 0.568. The molecule has 0 aliphatic carbocycles. The monoisotopic (exact) mass is 221 g/mol. The van der Waals surface area contributed by atoms with Gasteiger partial charge in [-0.05, 0) is 56.7 Å². The highest BCUT2D eigenvalue weighted by molar-refractivity contribution is 7.99. The molecule has 82 valence electrons. The van der Waals surface area contributed by atoms with Gasteiger partial charge < -0.3 is 5.32 Å². The van der Waals surface area contributed by atoms with E-state index in [2.05, 4.69) is 36.5 Å². The van der Waals surface area contributed by atoms with Gasteiger partial charge in [0, 0.05) is 4.90 Å². The topological polar surface area (TPSA) is 12.0 Å². The number of hydrogen-bond acceptors (Lipinski definition) is 2. The standard InChI is InChI=1S/C13H19NS/c1-11-3-2-4-13(9-11)15-8-6-12-5-7-14-10-12/h2-4,9,12,14H,5-8,10H2,1H3. The van der Waals surface area contributed by atoms with Gasteiger partial charge in [-0.2, -0.15) is 0 Å². The number of thioether (sulfide) groups is 1. The SMILES string of the molecule is Cc1cccc(SCCC2CCNC2)c1. The van der Waals surface area contributed by atoms with Crippen LogP contribution in [0.25, 0.3) is 0 Å². The van der Waals surface area contributed by atoms with E-state index in [9.17, 15) is 0 Å². The van der Waals surface area contributed by atoms with Crippen molar-refractivity contribution in [3.05, 3.63) is 29.8 Å². The minimum absolute atomic E-state index is 0.919. The first-order chi connectivity index (χ1) is 7.34. The summed E-state index contributed by atoms with van der Waals surface area (Å²) < 4.78 is 0. The number of hydrogen-bond donors (Lipinski definition) is 1. The molecular formula is C13H19NS. The second-order valence-corrected chi connectivity index (χ2v) is 5.48. The third-order valence-corrected chi connectivity index (χ3v) is 3.97. The van der Waals surface area contributed by atoms with Gasteiger partial charge in [-0.1, -0.05) is 17.7 Å². The van der Waals surface area contributed by atoms with Crippen molar-refractivity contribution in [2.45, 2.75) is 24.7 Å². The highest BCUT2D eigenvalue weighted by Gasteiger charge is 2.13. The summed E-state index contributed by atoms with van der Waals surface area (Å²) in [4.78, 5) is 1.42. The van der Waals surface area contributed by atoms with Crippen LogP contribution in [0.15, 0.2) is 29.2 Å². The van der Waals surface area contributed by atoms with E-state index in [1.54, 1.807) is 0 Å². The van der Waals surface area contributed by atoms with Crippen molar-refractivity contribution in [2.24, 2.45) is 5.92 Å². The predicted octanol–water partition coefficient (Wildman–Crippen LogP) is 3.09. The van der Waals surface area contributed by atoms with Crippen LogP contribution in [0.3, 0.4) is 0 Å². The number of nitrogens with one attached hydrogen (secondary N) is 1. The van der Waals surface area contributed by atoms with Gasteiger partial charge in [0.05, 0.1) is 0 Å². The van der Waals surface area contributed by atoms with Crippen LogP contribution in [0.4, 0.5) is 0 Å². The van der Waals surface area contributed by atoms with Crippen molar-refractivity contribution in [2.75, 3.05) is 18.8 Å². The van der Waals surface area contributed by atoms with Gasteiger partial charge in [0.25, 0.3) is 0 Å². The molecule has 1 aromatic rings. The van der Waals surface area contributed by atoms with Crippen molar-refractivity contribution in [3.63, 3.8) is 0 Å². The molecule has 0 spiro atoms. The first-order valence-electron chi connectivity index (χ1n) is 5.75. The molecule has 1 unspecified atom stereocenters. The molecule has 1 atom stereocenters. The maximum atomic E-state index is 3.42. The Balaban J connectivity index is 1.73. The number of aryl methyl sites for hydroxylation is 1. The molecule has 0 saturated carbocycles. The Labute approximate surface area is 96.7 Å². The van der Waals surface area contributed by atoms with Gasteiger partial charge in [-0.25, -0.2) is 0 Å². The fourth-order valence-corrected chi connectivity index (χ4v) is 3.14. The summed E-state index contributed by atoms with van der Waals surface area (Å²) in [5.41, 5.74) is 1.36. The van der Waals surface area contributed by atoms with Crippen LogP contribution in [0.2, 0.25) is 0 Å². The molecule has 0 amide bonds. The predicted molar refractivity (Wildman–Crippen MR) is 67.5 cm³/mol.